The van der Waals surface area contributed by atoms with Gasteiger partial charge in [0.05, 0.1) is 11.6 Å². The van der Waals surface area contributed by atoms with Gasteiger partial charge in [-0.3, -0.25) is 0 Å². The van der Waals surface area contributed by atoms with Crippen molar-refractivity contribution in [2.45, 2.75) is 0 Å². The molecule has 0 radical (unpaired) electrons. The van der Waals surface area contributed by atoms with Gasteiger partial charge in [0.15, 0.2) is 0 Å². The van der Waals surface area contributed by atoms with Gasteiger partial charge in [-0.1, -0.05) is 23.8 Å². The molecule has 1 rings (SSSR count). The van der Waals surface area contributed by atoms with Gasteiger partial charge in [-0.25, -0.2) is 0 Å². The molecule has 0 saturated carbocycles. The van der Waals surface area contributed by atoms with Gasteiger partial charge in [0.2, 0.25) is 0 Å². The summed E-state index contributed by atoms with van der Waals surface area (Å²) in [6.07, 6.45) is 0. The molecule has 15 heavy (non-hydrogen) atoms. The molecule has 5 heteroatoms. The van der Waals surface area contributed by atoms with Crippen molar-refractivity contribution in [3.63, 3.8) is 0 Å². The Labute approximate surface area is 99.1 Å². The summed E-state index contributed by atoms with van der Waals surface area (Å²) in [4.78, 5) is 0.281. The van der Waals surface area contributed by atoms with Crippen LogP contribution in [-0.4, -0.2) is 25.3 Å². The van der Waals surface area contributed by atoms with Gasteiger partial charge in [-0.15, -0.1) is 0 Å². The van der Waals surface area contributed by atoms with Crippen LogP contribution in [0.25, 0.3) is 0 Å². The lowest BCUT2D eigenvalue weighted by molar-refractivity contribution is 0.146. The number of ether oxygens (including phenoxy) is 2. The molecular formula is C10H12ClNO2S. The normalized spacial score (nSPS) is 10.0. The third-order valence-electron chi connectivity index (χ3n) is 1.76. The van der Waals surface area contributed by atoms with Crippen molar-refractivity contribution >= 4 is 28.8 Å². The number of hydrogen-bond donors (Lipinski definition) is 1. The Morgan fingerprint density at radius 3 is 2.73 bits per heavy atom. The van der Waals surface area contributed by atoms with Crippen molar-refractivity contribution in [2.75, 3.05) is 20.3 Å². The molecule has 82 valence electrons. The number of rotatable bonds is 5. The van der Waals surface area contributed by atoms with Crippen LogP contribution in [0, 0.1) is 0 Å². The molecular weight excluding hydrogens is 234 g/mol. The van der Waals surface area contributed by atoms with E-state index in [-0.39, 0.29) is 4.99 Å². The van der Waals surface area contributed by atoms with Crippen LogP contribution in [0.5, 0.6) is 5.75 Å². The summed E-state index contributed by atoms with van der Waals surface area (Å²) in [5, 5.41) is 0.498. The second-order valence-electron chi connectivity index (χ2n) is 2.85. The first kappa shape index (κ1) is 12.2. The van der Waals surface area contributed by atoms with Gasteiger partial charge in [0.1, 0.15) is 17.3 Å². The van der Waals surface area contributed by atoms with E-state index in [4.69, 9.17) is 39.0 Å². The van der Waals surface area contributed by atoms with E-state index in [9.17, 15) is 0 Å². The molecule has 0 amide bonds. The maximum absolute atomic E-state index is 5.96. The van der Waals surface area contributed by atoms with E-state index in [2.05, 4.69) is 0 Å². The van der Waals surface area contributed by atoms with E-state index < -0.39 is 0 Å². The summed E-state index contributed by atoms with van der Waals surface area (Å²) in [5.41, 5.74) is 6.13. The number of halogens is 1. The zero-order valence-electron chi connectivity index (χ0n) is 8.33. The average molecular weight is 246 g/mol. The standard InChI is InChI=1S/C10H12ClNO2S/c1-13-4-5-14-7-2-3-8(10(12)15)9(11)6-7/h2-3,6H,4-5H2,1H3,(H2,12,15). The SMILES string of the molecule is COCCOc1ccc(C(N)=S)c(Cl)c1. The van der Waals surface area contributed by atoms with Crippen molar-refractivity contribution in [3.05, 3.63) is 28.8 Å². The third kappa shape index (κ3) is 3.66. The fraction of sp³-hybridized carbons (Fsp3) is 0.300. The predicted octanol–water partition coefficient (Wildman–Crippen LogP) is 2.00. The molecule has 0 fully saturated rings. The number of hydrogen-bond acceptors (Lipinski definition) is 3. The van der Waals surface area contributed by atoms with Crippen LogP contribution in [0.4, 0.5) is 0 Å². The Bertz CT molecular complexity index is 357. The van der Waals surface area contributed by atoms with E-state index in [1.54, 1.807) is 25.3 Å². The Balaban J connectivity index is 2.69. The highest BCUT2D eigenvalue weighted by Gasteiger charge is 2.04. The first-order valence-electron chi connectivity index (χ1n) is 4.36. The topological polar surface area (TPSA) is 44.5 Å². The van der Waals surface area contributed by atoms with Crippen molar-refractivity contribution < 1.29 is 9.47 Å². The van der Waals surface area contributed by atoms with Crippen molar-refractivity contribution in [1.29, 1.82) is 0 Å². The fourth-order valence-electron chi connectivity index (χ4n) is 1.03. The molecule has 0 aliphatic carbocycles. The minimum atomic E-state index is 0.281. The minimum absolute atomic E-state index is 0.281. The molecule has 0 spiro atoms. The average Bonchev–Trinajstić information content (AvgIpc) is 2.17. The monoisotopic (exact) mass is 245 g/mol. The Kier molecular flexibility index (Phi) is 4.81. The van der Waals surface area contributed by atoms with Gasteiger partial charge in [-0.2, -0.15) is 0 Å². The van der Waals surface area contributed by atoms with Crippen molar-refractivity contribution in [3.8, 4) is 5.75 Å². The lowest BCUT2D eigenvalue weighted by Crippen LogP contribution is -2.10. The molecule has 0 aromatic heterocycles. The number of methoxy groups -OCH3 is 1. The van der Waals surface area contributed by atoms with Crippen LogP contribution < -0.4 is 10.5 Å². The molecule has 2 N–H and O–H groups in total. The molecule has 3 nitrogen and oxygen atoms in total. The molecule has 0 atom stereocenters. The first-order chi connectivity index (χ1) is 7.15. The van der Waals surface area contributed by atoms with E-state index >= 15 is 0 Å². The van der Waals surface area contributed by atoms with Crippen LogP contribution in [-0.2, 0) is 4.74 Å². The number of benzene rings is 1. The largest absolute Gasteiger partial charge is 0.491 e. The summed E-state index contributed by atoms with van der Waals surface area (Å²) in [6.45, 7) is 1.02. The van der Waals surface area contributed by atoms with E-state index in [0.717, 1.165) is 0 Å². The molecule has 0 bridgehead atoms. The highest BCUT2D eigenvalue weighted by Crippen LogP contribution is 2.22. The molecule has 0 saturated heterocycles. The molecule has 0 aliphatic rings. The van der Waals surface area contributed by atoms with Crippen molar-refractivity contribution in [1.82, 2.24) is 0 Å². The lowest BCUT2D eigenvalue weighted by atomic mass is 10.2. The van der Waals surface area contributed by atoms with Crippen LogP contribution in [0.3, 0.4) is 0 Å². The fourth-order valence-corrected chi connectivity index (χ4v) is 1.53. The lowest BCUT2D eigenvalue weighted by Gasteiger charge is -2.07. The number of thiocarbonyl (C=S) groups is 1. The summed E-state index contributed by atoms with van der Waals surface area (Å²) in [7, 11) is 1.62. The van der Waals surface area contributed by atoms with Gasteiger partial charge < -0.3 is 15.2 Å². The van der Waals surface area contributed by atoms with Crippen LogP contribution in [0.1, 0.15) is 5.56 Å². The van der Waals surface area contributed by atoms with Gasteiger partial charge >= 0.3 is 0 Å². The summed E-state index contributed by atoms with van der Waals surface area (Å²) in [5.74, 6) is 0.678. The highest BCUT2D eigenvalue weighted by atomic mass is 35.5. The molecule has 0 unspecified atom stereocenters. The summed E-state index contributed by atoms with van der Waals surface area (Å²) < 4.78 is 10.2. The van der Waals surface area contributed by atoms with Crippen LogP contribution >= 0.6 is 23.8 Å². The Morgan fingerprint density at radius 2 is 2.20 bits per heavy atom. The molecule has 0 heterocycles. The number of nitrogens with two attached hydrogens (primary N) is 1. The van der Waals surface area contributed by atoms with E-state index in [1.165, 1.54) is 0 Å². The highest BCUT2D eigenvalue weighted by molar-refractivity contribution is 7.80. The molecule has 1 aromatic carbocycles. The van der Waals surface area contributed by atoms with E-state index in [1.807, 2.05) is 0 Å². The predicted molar refractivity (Wildman–Crippen MR) is 64.7 cm³/mol. The smallest absolute Gasteiger partial charge is 0.120 e. The van der Waals surface area contributed by atoms with E-state index in [0.29, 0.717) is 29.5 Å². The van der Waals surface area contributed by atoms with Gasteiger partial charge in [-0.05, 0) is 18.2 Å². The third-order valence-corrected chi connectivity index (χ3v) is 2.29. The van der Waals surface area contributed by atoms with Gasteiger partial charge in [0, 0.05) is 12.7 Å². The van der Waals surface area contributed by atoms with Crippen LogP contribution in [0.2, 0.25) is 5.02 Å². The quantitative estimate of drug-likeness (QED) is 0.637. The van der Waals surface area contributed by atoms with Gasteiger partial charge in [0.25, 0.3) is 0 Å². The summed E-state index contributed by atoms with van der Waals surface area (Å²) >= 11 is 10.8. The zero-order valence-corrected chi connectivity index (χ0v) is 9.90. The Hall–Kier alpha value is -0.840. The minimum Gasteiger partial charge on any atom is -0.491 e. The van der Waals surface area contributed by atoms with Crippen molar-refractivity contribution in [2.24, 2.45) is 5.73 Å². The second-order valence-corrected chi connectivity index (χ2v) is 3.69. The maximum atomic E-state index is 5.96. The second kappa shape index (κ2) is 5.90. The summed E-state index contributed by atoms with van der Waals surface area (Å²) in [6, 6.07) is 5.20. The zero-order chi connectivity index (χ0) is 11.3. The van der Waals surface area contributed by atoms with Crippen LogP contribution in [0.15, 0.2) is 18.2 Å². The molecule has 0 aliphatic heterocycles. The molecule has 1 aromatic rings. The Morgan fingerprint density at radius 1 is 1.47 bits per heavy atom. The first-order valence-corrected chi connectivity index (χ1v) is 5.15. The maximum Gasteiger partial charge on any atom is 0.120 e.